The lowest BCUT2D eigenvalue weighted by molar-refractivity contribution is -0.192. The Morgan fingerprint density at radius 3 is 2.32 bits per heavy atom. The van der Waals surface area contributed by atoms with Crippen LogP contribution in [0.4, 0.5) is 13.2 Å². The molecule has 34 heavy (non-hydrogen) atoms. The van der Waals surface area contributed by atoms with Crippen LogP contribution in [0.1, 0.15) is 41.7 Å². The van der Waals surface area contributed by atoms with E-state index in [9.17, 15) is 23.1 Å². The molecule has 2 aliphatic heterocycles. The zero-order valence-electron chi connectivity index (χ0n) is 18.6. The minimum absolute atomic E-state index is 0.00185. The molecule has 0 aliphatic carbocycles. The topological polar surface area (TPSA) is 112 Å². The number of hydrogen-bond acceptors (Lipinski definition) is 6. The normalized spacial score (nSPS) is 17.3. The van der Waals surface area contributed by atoms with Crippen molar-refractivity contribution in [1.29, 1.82) is 0 Å². The van der Waals surface area contributed by atoms with E-state index in [-0.39, 0.29) is 11.7 Å². The van der Waals surface area contributed by atoms with Gasteiger partial charge in [-0.1, -0.05) is 11.3 Å². The Kier molecular flexibility index (Phi) is 8.48. The number of piperidine rings is 1. The molecule has 0 bridgehead atoms. The number of carboxylic acid groups (broad SMARTS) is 1. The molecule has 3 heterocycles. The Balaban J connectivity index is 0.000000406. The number of aromatic nitrogens is 3. The van der Waals surface area contributed by atoms with E-state index in [2.05, 4.69) is 21.4 Å². The fourth-order valence-electron chi connectivity index (χ4n) is 4.07. The highest BCUT2D eigenvalue weighted by Gasteiger charge is 2.38. The number of alkyl halides is 3. The highest BCUT2D eigenvalue weighted by atomic mass is 19.4. The predicted molar refractivity (Wildman–Crippen MR) is 115 cm³/mol. The lowest BCUT2D eigenvalue weighted by Crippen LogP contribution is -2.39. The number of carboxylic acids is 1. The number of carbonyl (C=O) groups excluding carboxylic acids is 1. The van der Waals surface area contributed by atoms with E-state index >= 15 is 0 Å². The Bertz CT molecular complexity index is 967. The third-order valence-corrected chi connectivity index (χ3v) is 5.85. The highest BCUT2D eigenvalue weighted by Crippen LogP contribution is 2.22. The number of phenols is 1. The van der Waals surface area contributed by atoms with Gasteiger partial charge in [0, 0.05) is 37.9 Å². The third-order valence-electron chi connectivity index (χ3n) is 5.85. The monoisotopic (exact) mass is 483 g/mol. The van der Waals surface area contributed by atoms with Crippen molar-refractivity contribution in [1.82, 2.24) is 24.8 Å². The molecule has 2 N–H and O–H groups in total. The fourth-order valence-corrected chi connectivity index (χ4v) is 4.07. The molecule has 0 unspecified atom stereocenters. The minimum Gasteiger partial charge on any atom is -0.508 e. The number of benzene rings is 1. The van der Waals surface area contributed by atoms with Crippen LogP contribution in [0.15, 0.2) is 30.5 Å². The summed E-state index contributed by atoms with van der Waals surface area (Å²) in [5.74, 6) is -2.11. The maximum absolute atomic E-state index is 12.6. The van der Waals surface area contributed by atoms with Crippen molar-refractivity contribution in [3.63, 3.8) is 0 Å². The average molecular weight is 483 g/mol. The van der Waals surface area contributed by atoms with Crippen LogP contribution in [0.5, 0.6) is 5.75 Å². The second-order valence-electron chi connectivity index (χ2n) is 8.50. The van der Waals surface area contributed by atoms with E-state index < -0.39 is 12.1 Å². The maximum Gasteiger partial charge on any atom is 0.490 e. The molecule has 2 aliphatic rings. The van der Waals surface area contributed by atoms with Crippen molar-refractivity contribution >= 4 is 11.9 Å². The summed E-state index contributed by atoms with van der Waals surface area (Å²) in [4.78, 5) is 25.8. The summed E-state index contributed by atoms with van der Waals surface area (Å²) in [6.07, 6.45) is 1.49. The van der Waals surface area contributed by atoms with Gasteiger partial charge in [0.25, 0.3) is 5.91 Å². The first-order chi connectivity index (χ1) is 16.1. The molecular formula is C22H28F3N5O4. The Hall–Kier alpha value is -3.15. The Morgan fingerprint density at radius 1 is 1.09 bits per heavy atom. The molecular weight excluding hydrogens is 455 g/mol. The molecule has 2 saturated heterocycles. The molecule has 9 nitrogen and oxygen atoms in total. The summed E-state index contributed by atoms with van der Waals surface area (Å²) in [7, 11) is 0. The van der Waals surface area contributed by atoms with Crippen molar-refractivity contribution < 1.29 is 33.0 Å². The zero-order chi connectivity index (χ0) is 24.7. The van der Waals surface area contributed by atoms with Gasteiger partial charge in [0.1, 0.15) is 5.75 Å². The number of likely N-dealkylation sites (tertiary alicyclic amines) is 2. The summed E-state index contributed by atoms with van der Waals surface area (Å²) >= 11 is 0. The molecule has 1 amide bonds. The van der Waals surface area contributed by atoms with Gasteiger partial charge in [-0.15, -0.1) is 5.10 Å². The van der Waals surface area contributed by atoms with Crippen LogP contribution in [0.25, 0.3) is 0 Å². The van der Waals surface area contributed by atoms with Gasteiger partial charge in [0.15, 0.2) is 0 Å². The Morgan fingerprint density at radius 2 is 1.74 bits per heavy atom. The van der Waals surface area contributed by atoms with Gasteiger partial charge in [0.2, 0.25) is 0 Å². The largest absolute Gasteiger partial charge is 0.508 e. The SMILES string of the molecule is O=C(O)C(F)(F)F.O=C(c1cccc(O)c1)N1CCC(Cn2cc(CN3CCCC3)nn2)CC1. The number of amides is 1. The first-order valence-corrected chi connectivity index (χ1v) is 11.1. The fraction of sp³-hybridized carbons (Fsp3) is 0.545. The smallest absolute Gasteiger partial charge is 0.490 e. The van der Waals surface area contributed by atoms with Gasteiger partial charge in [-0.05, 0) is 62.9 Å². The van der Waals surface area contributed by atoms with E-state index in [0.29, 0.717) is 11.5 Å². The molecule has 0 atom stereocenters. The van der Waals surface area contributed by atoms with Crippen LogP contribution in [-0.4, -0.2) is 79.2 Å². The number of halogens is 3. The van der Waals surface area contributed by atoms with Gasteiger partial charge in [-0.25, -0.2) is 4.79 Å². The van der Waals surface area contributed by atoms with Crippen LogP contribution in [-0.2, 0) is 17.9 Å². The van der Waals surface area contributed by atoms with Gasteiger partial charge >= 0.3 is 12.1 Å². The van der Waals surface area contributed by atoms with E-state index in [0.717, 1.165) is 44.7 Å². The number of aromatic hydroxyl groups is 1. The zero-order valence-corrected chi connectivity index (χ0v) is 18.6. The summed E-state index contributed by atoms with van der Waals surface area (Å²) in [5, 5.41) is 25.3. The predicted octanol–water partition coefficient (Wildman–Crippen LogP) is 2.77. The van der Waals surface area contributed by atoms with Crippen molar-refractivity contribution in [2.75, 3.05) is 26.2 Å². The van der Waals surface area contributed by atoms with Crippen LogP contribution in [0, 0.1) is 5.92 Å². The number of nitrogens with zero attached hydrogens (tertiary/aromatic N) is 5. The van der Waals surface area contributed by atoms with Gasteiger partial charge < -0.3 is 15.1 Å². The highest BCUT2D eigenvalue weighted by molar-refractivity contribution is 5.94. The first kappa shape index (κ1) is 25.5. The first-order valence-electron chi connectivity index (χ1n) is 11.1. The average Bonchev–Trinajstić information content (AvgIpc) is 3.46. The number of aliphatic carboxylic acids is 1. The lowest BCUT2D eigenvalue weighted by atomic mass is 9.96. The molecule has 12 heteroatoms. The molecule has 0 radical (unpaired) electrons. The standard InChI is InChI=1S/C20H27N5O2.C2HF3O2/c26-19-5-3-4-17(12-19)20(27)24-10-6-16(7-11-24)13-25-15-18(21-22-25)14-23-8-1-2-9-23;3-2(4,5)1(6)7/h3-5,12,15-16,26H,1-2,6-11,13-14H2;(H,6,7). The van der Waals surface area contributed by atoms with Crippen molar-refractivity contribution in [2.45, 2.75) is 44.9 Å². The number of carbonyl (C=O) groups is 2. The summed E-state index contributed by atoms with van der Waals surface area (Å²) in [6, 6.07) is 6.58. The molecule has 0 saturated carbocycles. The summed E-state index contributed by atoms with van der Waals surface area (Å²) in [5.41, 5.74) is 1.60. The molecule has 4 rings (SSSR count). The number of phenolic OH excluding ortho intramolecular Hbond substituents is 1. The van der Waals surface area contributed by atoms with Crippen molar-refractivity contribution in [2.24, 2.45) is 5.92 Å². The van der Waals surface area contributed by atoms with Crippen molar-refractivity contribution in [3.8, 4) is 5.75 Å². The maximum atomic E-state index is 12.6. The van der Waals surface area contributed by atoms with E-state index in [1.165, 1.54) is 32.0 Å². The van der Waals surface area contributed by atoms with E-state index in [1.807, 2.05) is 9.58 Å². The van der Waals surface area contributed by atoms with Gasteiger partial charge in [-0.3, -0.25) is 14.4 Å². The van der Waals surface area contributed by atoms with Crippen LogP contribution in [0.3, 0.4) is 0 Å². The molecule has 1 aromatic heterocycles. The lowest BCUT2D eigenvalue weighted by Gasteiger charge is -2.32. The molecule has 2 fully saturated rings. The van der Waals surface area contributed by atoms with Crippen molar-refractivity contribution in [3.05, 3.63) is 41.7 Å². The number of rotatable bonds is 5. The quantitative estimate of drug-likeness (QED) is 0.673. The second-order valence-corrected chi connectivity index (χ2v) is 8.50. The van der Waals surface area contributed by atoms with Gasteiger partial charge in [-0.2, -0.15) is 13.2 Å². The molecule has 2 aromatic rings. The van der Waals surface area contributed by atoms with Crippen LogP contribution < -0.4 is 0 Å². The summed E-state index contributed by atoms with van der Waals surface area (Å²) < 4.78 is 33.7. The van der Waals surface area contributed by atoms with Crippen LogP contribution >= 0.6 is 0 Å². The van der Waals surface area contributed by atoms with Crippen LogP contribution in [0.2, 0.25) is 0 Å². The molecule has 1 aromatic carbocycles. The second kappa shape index (κ2) is 11.3. The molecule has 0 spiro atoms. The van der Waals surface area contributed by atoms with E-state index in [4.69, 9.17) is 9.90 Å². The van der Waals surface area contributed by atoms with E-state index in [1.54, 1.807) is 18.2 Å². The number of hydrogen-bond donors (Lipinski definition) is 2. The molecule has 186 valence electrons. The summed E-state index contributed by atoms with van der Waals surface area (Å²) in [6.45, 7) is 5.58. The minimum atomic E-state index is -5.08. The van der Waals surface area contributed by atoms with Gasteiger partial charge in [0.05, 0.1) is 5.69 Å². The third kappa shape index (κ3) is 7.44. The Labute approximate surface area is 194 Å².